The van der Waals surface area contributed by atoms with E-state index in [2.05, 4.69) is 98.5 Å². The maximum Gasteiger partial charge on any atom is 0.161 e. The molecule has 45 heavy (non-hydrogen) atoms. The van der Waals surface area contributed by atoms with Gasteiger partial charge in [-0.05, 0) is 65.7 Å². The molecular weight excluding hydrogens is 570 g/mol. The van der Waals surface area contributed by atoms with Crippen LogP contribution >= 0.6 is 11.6 Å². The second-order valence-corrected chi connectivity index (χ2v) is 10.5. The van der Waals surface area contributed by atoms with Gasteiger partial charge in [0.15, 0.2) is 11.7 Å². The molecule has 0 aliphatic rings. The first-order valence-electron chi connectivity index (χ1n) is 14.6. The Morgan fingerprint density at radius 3 is 1.78 bits per heavy atom. The summed E-state index contributed by atoms with van der Waals surface area (Å²) in [6.07, 6.45) is 7.07. The quantitative estimate of drug-likeness (QED) is 0.0958. The number of hydrogen-bond acceptors (Lipinski definition) is 1. The lowest BCUT2D eigenvalue weighted by Crippen LogP contribution is -2.05. The second-order valence-electron chi connectivity index (χ2n) is 10.1. The summed E-state index contributed by atoms with van der Waals surface area (Å²) in [6.45, 7) is 13.3. The van der Waals surface area contributed by atoms with E-state index in [-0.39, 0.29) is 0 Å². The van der Waals surface area contributed by atoms with E-state index < -0.39 is 0 Å². The van der Waals surface area contributed by atoms with Gasteiger partial charge in [0.2, 0.25) is 0 Å². The number of allylic oxidation sites excluding steroid dienone is 4. The van der Waals surface area contributed by atoms with Gasteiger partial charge in [-0.3, -0.25) is 4.99 Å². The molecule has 0 saturated heterocycles. The lowest BCUT2D eigenvalue weighted by molar-refractivity contribution is 1.06. The highest BCUT2D eigenvalue weighted by molar-refractivity contribution is 6.30. The van der Waals surface area contributed by atoms with Crippen molar-refractivity contribution in [3.05, 3.63) is 192 Å². The molecule has 0 N–H and O–H groups in total. The normalized spacial score (nSPS) is 11.4. The number of hydrogen-bond donors (Lipinski definition) is 0. The van der Waals surface area contributed by atoms with Crippen molar-refractivity contribution in [2.75, 3.05) is 0 Å². The van der Waals surface area contributed by atoms with Crippen molar-refractivity contribution >= 4 is 30.0 Å². The second kappa shape index (κ2) is 17.0. The Bertz CT molecular complexity index is 1820. The lowest BCUT2D eigenvalue weighted by Gasteiger charge is -2.10. The van der Waals surface area contributed by atoms with Crippen molar-refractivity contribution in [1.82, 2.24) is 0 Å². The van der Waals surface area contributed by atoms with Gasteiger partial charge in [0, 0.05) is 16.1 Å². The summed E-state index contributed by atoms with van der Waals surface area (Å²) < 4.78 is 0. The number of aryl methyl sites for hydroxylation is 1. The minimum Gasteiger partial charge on any atom is -0.261 e. The molecule has 0 spiro atoms. The van der Waals surface area contributed by atoms with Crippen LogP contribution in [0.3, 0.4) is 0 Å². The fraction of sp³-hybridized carbons (Fsp3) is 0.0488. The molecule has 0 atom stereocenters. The smallest absolute Gasteiger partial charge is 0.161 e. The molecular formula is C41H36ClN3. The highest BCUT2D eigenvalue weighted by Crippen LogP contribution is 2.28. The highest BCUT2D eigenvalue weighted by Gasteiger charge is 2.10. The first-order valence-corrected chi connectivity index (χ1v) is 15.0. The van der Waals surface area contributed by atoms with E-state index in [1.165, 1.54) is 5.56 Å². The number of rotatable bonds is 8. The minimum atomic E-state index is 0.507. The van der Waals surface area contributed by atoms with Crippen molar-refractivity contribution in [3.8, 4) is 22.3 Å². The van der Waals surface area contributed by atoms with Crippen LogP contribution in [-0.2, 0) is 6.54 Å². The maximum absolute atomic E-state index is 6.25. The molecule has 0 bridgehead atoms. The molecule has 5 aromatic carbocycles. The Hall–Kier alpha value is -5.38. The summed E-state index contributed by atoms with van der Waals surface area (Å²) >= 11 is 6.25. The van der Waals surface area contributed by atoms with Gasteiger partial charge in [0.25, 0.3) is 0 Å². The Morgan fingerprint density at radius 2 is 1.18 bits per heavy atom. The van der Waals surface area contributed by atoms with Gasteiger partial charge < -0.3 is 0 Å². The molecule has 3 nitrogen and oxygen atoms in total. The molecule has 222 valence electrons. The summed E-state index contributed by atoms with van der Waals surface area (Å²) in [5, 5.41) is 0.720. The first kappa shape index (κ1) is 32.5. The third-order valence-corrected chi connectivity index (χ3v) is 7.02. The van der Waals surface area contributed by atoms with Crippen molar-refractivity contribution in [2.24, 2.45) is 15.0 Å². The summed E-state index contributed by atoms with van der Waals surface area (Å²) in [5.41, 5.74) is 8.49. The molecule has 5 rings (SSSR count). The number of benzene rings is 5. The van der Waals surface area contributed by atoms with Gasteiger partial charge in [-0.25, -0.2) is 9.98 Å². The summed E-state index contributed by atoms with van der Waals surface area (Å²) in [7, 11) is 0. The average molecular weight is 606 g/mol. The Balaban J connectivity index is 0.000000700. The summed E-state index contributed by atoms with van der Waals surface area (Å²) in [5.74, 6) is 1.14. The largest absolute Gasteiger partial charge is 0.261 e. The van der Waals surface area contributed by atoms with Crippen LogP contribution in [0, 0.1) is 6.92 Å². The molecule has 0 heterocycles. The molecule has 0 aliphatic heterocycles. The molecule has 0 aromatic heterocycles. The predicted molar refractivity (Wildman–Crippen MR) is 196 cm³/mol. The molecule has 0 fully saturated rings. The van der Waals surface area contributed by atoms with E-state index in [9.17, 15) is 0 Å². The standard InChI is InChI=1S/C35H28ClN3.C6H8/c1-25-17-19-26(20-18-25)24-38-35(39-34(37-2)27-9-4-3-5-10-27)32-15-7-13-30(22-32)28-11-6-12-29(21-28)31-14-8-16-33(36)23-31;1-3-5-6-4-2/h3-23H,2,24H2,1H3;3-6H,1-2H2/b;6-5-. The SMILES string of the molecule is C=C/C=C\C=C.C=NC(=NC(=NCc1ccc(C)cc1)c1cccc(-c2cccc(-c3cccc(Cl)c3)c2)c1)c1ccccc1. The van der Waals surface area contributed by atoms with E-state index in [0.29, 0.717) is 18.2 Å². The van der Waals surface area contributed by atoms with E-state index in [4.69, 9.17) is 21.6 Å². The van der Waals surface area contributed by atoms with Crippen LogP contribution in [0.5, 0.6) is 0 Å². The zero-order valence-corrected chi connectivity index (χ0v) is 26.2. The topological polar surface area (TPSA) is 37.1 Å². The minimum absolute atomic E-state index is 0.507. The van der Waals surface area contributed by atoms with Crippen molar-refractivity contribution in [2.45, 2.75) is 13.5 Å². The van der Waals surface area contributed by atoms with Gasteiger partial charge in [-0.2, -0.15) is 0 Å². The zero-order valence-electron chi connectivity index (χ0n) is 25.5. The molecule has 4 heteroatoms. The van der Waals surface area contributed by atoms with E-state index >= 15 is 0 Å². The highest BCUT2D eigenvalue weighted by atomic mass is 35.5. The maximum atomic E-state index is 6.25. The first-order chi connectivity index (χ1) is 22.0. The van der Waals surface area contributed by atoms with Crippen LogP contribution < -0.4 is 0 Å². The zero-order chi connectivity index (χ0) is 31.9. The Morgan fingerprint density at radius 1 is 0.622 bits per heavy atom. The van der Waals surface area contributed by atoms with Gasteiger partial charge >= 0.3 is 0 Å². The van der Waals surface area contributed by atoms with Gasteiger partial charge in [0.05, 0.1) is 6.54 Å². The number of aliphatic imine (C=N–C) groups is 3. The van der Waals surface area contributed by atoms with Crippen LogP contribution in [0.15, 0.2) is 180 Å². The number of halogens is 1. The lowest BCUT2D eigenvalue weighted by atomic mass is 9.98. The van der Waals surface area contributed by atoms with Crippen LogP contribution in [0.25, 0.3) is 22.3 Å². The molecule has 0 unspecified atom stereocenters. The van der Waals surface area contributed by atoms with Crippen LogP contribution in [0.4, 0.5) is 0 Å². The van der Waals surface area contributed by atoms with Gasteiger partial charge in [-0.1, -0.05) is 158 Å². The Labute approximate surface area is 272 Å². The third kappa shape index (κ3) is 9.82. The molecule has 0 amide bonds. The van der Waals surface area contributed by atoms with Gasteiger partial charge in [-0.15, -0.1) is 0 Å². The number of nitrogens with zero attached hydrogens (tertiary/aromatic N) is 3. The summed E-state index contributed by atoms with van der Waals surface area (Å²) in [6, 6.07) is 42.9. The monoisotopic (exact) mass is 605 g/mol. The number of amidine groups is 2. The molecule has 5 aromatic rings. The predicted octanol–water partition coefficient (Wildman–Crippen LogP) is 11.0. The van der Waals surface area contributed by atoms with Crippen molar-refractivity contribution in [1.29, 1.82) is 0 Å². The fourth-order valence-electron chi connectivity index (χ4n) is 4.47. The molecule has 0 radical (unpaired) electrons. The van der Waals surface area contributed by atoms with Gasteiger partial charge in [0.1, 0.15) is 0 Å². The average Bonchev–Trinajstić information content (AvgIpc) is 3.09. The third-order valence-electron chi connectivity index (χ3n) is 6.78. The van der Waals surface area contributed by atoms with E-state index in [0.717, 1.165) is 44.0 Å². The summed E-state index contributed by atoms with van der Waals surface area (Å²) in [4.78, 5) is 14.1. The molecule has 0 saturated carbocycles. The van der Waals surface area contributed by atoms with Crippen molar-refractivity contribution in [3.63, 3.8) is 0 Å². The Kier molecular flexibility index (Phi) is 12.3. The van der Waals surface area contributed by atoms with Crippen LogP contribution in [0.1, 0.15) is 22.3 Å². The molecule has 0 aliphatic carbocycles. The fourth-order valence-corrected chi connectivity index (χ4v) is 4.66. The van der Waals surface area contributed by atoms with Crippen LogP contribution in [-0.4, -0.2) is 18.4 Å². The van der Waals surface area contributed by atoms with E-state index in [1.54, 1.807) is 12.2 Å². The van der Waals surface area contributed by atoms with Crippen molar-refractivity contribution < 1.29 is 0 Å². The van der Waals surface area contributed by atoms with E-state index in [1.807, 2.05) is 72.8 Å². The van der Waals surface area contributed by atoms with Crippen LogP contribution in [0.2, 0.25) is 5.02 Å².